The Kier molecular flexibility index (Phi) is 7.20. The molecule has 0 saturated carbocycles. The van der Waals surface area contributed by atoms with Crippen molar-refractivity contribution in [3.8, 4) is 17.4 Å². The number of nitriles is 1. The molecule has 0 N–H and O–H groups in total. The lowest BCUT2D eigenvalue weighted by molar-refractivity contribution is 0.607. The zero-order valence-electron chi connectivity index (χ0n) is 27.7. The van der Waals surface area contributed by atoms with E-state index < -0.39 is 0 Å². The Labute approximate surface area is 285 Å². The minimum atomic E-state index is 0.689. The number of nitrogens with zero attached hydrogens (tertiary/aromatic N) is 3. The Balaban J connectivity index is 1.19. The molecule has 0 atom stereocenters. The average molecular weight is 636 g/mol. The van der Waals surface area contributed by atoms with Gasteiger partial charge in [-0.2, -0.15) is 5.26 Å². The molecule has 49 heavy (non-hydrogen) atoms. The summed E-state index contributed by atoms with van der Waals surface area (Å²) in [5, 5.41) is 16.8. The maximum Gasteiger partial charge on any atom is 0.135 e. The summed E-state index contributed by atoms with van der Waals surface area (Å²) in [6.45, 7) is 2.27. The van der Waals surface area contributed by atoms with E-state index in [1.807, 2.05) is 18.2 Å². The average Bonchev–Trinajstić information content (AvgIpc) is 3.79. The summed E-state index contributed by atoms with van der Waals surface area (Å²) in [5.41, 5.74) is 10.7. The van der Waals surface area contributed by atoms with Crippen molar-refractivity contribution in [2.24, 2.45) is 0 Å². The van der Waals surface area contributed by atoms with Crippen LogP contribution in [0.5, 0.6) is 0 Å². The molecular formula is C45H37N3O. The lowest BCUT2D eigenvalue weighted by Gasteiger charge is -2.11. The maximum atomic E-state index is 9.80. The molecule has 0 spiro atoms. The maximum absolute atomic E-state index is 9.80. The molecule has 9 rings (SSSR count). The highest BCUT2D eigenvalue weighted by Gasteiger charge is 2.18. The second-order valence-electron chi connectivity index (χ2n) is 13.4. The largest absolute Gasteiger partial charge is 0.456 e. The number of rotatable bonds is 9. The Morgan fingerprint density at radius 3 is 1.92 bits per heavy atom. The van der Waals surface area contributed by atoms with Crippen LogP contribution in [0.1, 0.15) is 56.6 Å². The number of hydrogen-bond donors (Lipinski definition) is 0. The van der Waals surface area contributed by atoms with Crippen molar-refractivity contribution < 1.29 is 4.42 Å². The predicted molar refractivity (Wildman–Crippen MR) is 204 cm³/mol. The van der Waals surface area contributed by atoms with Gasteiger partial charge < -0.3 is 13.6 Å². The van der Waals surface area contributed by atoms with Crippen LogP contribution in [0, 0.1) is 11.3 Å². The van der Waals surface area contributed by atoms with Crippen LogP contribution >= 0.6 is 0 Å². The molecule has 0 aliphatic heterocycles. The van der Waals surface area contributed by atoms with Gasteiger partial charge in [0.2, 0.25) is 0 Å². The predicted octanol–water partition coefficient (Wildman–Crippen LogP) is 12.6. The third-order valence-electron chi connectivity index (χ3n) is 10.3. The van der Waals surface area contributed by atoms with Gasteiger partial charge in [-0.15, -0.1) is 0 Å². The van der Waals surface area contributed by atoms with Crippen LogP contribution in [-0.4, -0.2) is 9.13 Å². The van der Waals surface area contributed by atoms with Gasteiger partial charge in [-0.1, -0.05) is 81.5 Å². The molecule has 6 aromatic carbocycles. The third kappa shape index (κ3) is 4.88. The van der Waals surface area contributed by atoms with Gasteiger partial charge in [0.05, 0.1) is 33.7 Å². The molecule has 0 fully saturated rings. The molecule has 9 aromatic rings. The van der Waals surface area contributed by atoms with E-state index in [4.69, 9.17) is 4.42 Å². The smallest absolute Gasteiger partial charge is 0.135 e. The Morgan fingerprint density at radius 1 is 0.510 bits per heavy atom. The SMILES string of the molecule is CCCCCCCCc1ccc2c(c1)c1cc(C#N)ccc1n2-c1ccc2c(c1)c1ccccc1n2-c1ccc2oc3ccccc3c2c1. The first-order chi connectivity index (χ1) is 24.2. The van der Waals surface area contributed by atoms with E-state index in [0.717, 1.165) is 61.7 Å². The normalized spacial score (nSPS) is 11.9. The van der Waals surface area contributed by atoms with Crippen LogP contribution in [0.25, 0.3) is 76.9 Å². The van der Waals surface area contributed by atoms with Gasteiger partial charge in [-0.05, 0) is 97.3 Å². The van der Waals surface area contributed by atoms with Crippen LogP contribution < -0.4 is 0 Å². The Morgan fingerprint density at radius 2 is 1.10 bits per heavy atom. The second-order valence-corrected chi connectivity index (χ2v) is 13.4. The minimum absolute atomic E-state index is 0.689. The van der Waals surface area contributed by atoms with Crippen LogP contribution in [0.2, 0.25) is 0 Å². The number of furan rings is 1. The van der Waals surface area contributed by atoms with Crippen molar-refractivity contribution in [2.75, 3.05) is 0 Å². The third-order valence-corrected chi connectivity index (χ3v) is 10.3. The van der Waals surface area contributed by atoms with Crippen molar-refractivity contribution >= 4 is 65.6 Å². The monoisotopic (exact) mass is 635 g/mol. The first kappa shape index (κ1) is 29.4. The standard InChI is InChI=1S/C45H37N3O/c1-2-3-4-5-6-7-12-30-17-21-41-36(25-30)37-26-31(29-46)18-22-42(37)48(41)32-19-23-43-38(27-32)34-13-8-10-15-40(34)47(43)33-20-24-45-39(28-33)35-14-9-11-16-44(35)49-45/h8-11,13-28H,2-7,12H2,1H3. The van der Waals surface area contributed by atoms with Crippen molar-refractivity contribution in [1.29, 1.82) is 5.26 Å². The number of benzene rings is 6. The van der Waals surface area contributed by atoms with Crippen molar-refractivity contribution in [1.82, 2.24) is 9.13 Å². The quantitative estimate of drug-likeness (QED) is 0.148. The van der Waals surface area contributed by atoms with Crippen molar-refractivity contribution in [3.05, 3.63) is 132 Å². The molecular weight excluding hydrogens is 599 g/mol. The lowest BCUT2D eigenvalue weighted by Crippen LogP contribution is -1.96. The van der Waals surface area contributed by atoms with Crippen molar-refractivity contribution in [2.45, 2.75) is 51.9 Å². The molecule has 3 heterocycles. The first-order valence-electron chi connectivity index (χ1n) is 17.6. The highest BCUT2D eigenvalue weighted by Crippen LogP contribution is 2.39. The first-order valence-corrected chi connectivity index (χ1v) is 17.6. The lowest BCUT2D eigenvalue weighted by atomic mass is 10.0. The van der Waals surface area contributed by atoms with Gasteiger partial charge in [-0.25, -0.2) is 0 Å². The molecule has 0 aliphatic carbocycles. The van der Waals surface area contributed by atoms with Crippen molar-refractivity contribution in [3.63, 3.8) is 0 Å². The molecule has 3 aromatic heterocycles. The summed E-state index contributed by atoms with van der Waals surface area (Å²) in [4.78, 5) is 0. The molecule has 0 unspecified atom stereocenters. The summed E-state index contributed by atoms with van der Waals surface area (Å²) in [5.74, 6) is 0. The van der Waals surface area contributed by atoms with Crippen LogP contribution in [0.4, 0.5) is 0 Å². The van der Waals surface area contributed by atoms with E-state index in [1.54, 1.807) is 0 Å². The number of unbranched alkanes of at least 4 members (excludes halogenated alkanes) is 5. The summed E-state index contributed by atoms with van der Waals surface area (Å²) in [6, 6.07) is 45.7. The number of aryl methyl sites for hydroxylation is 1. The summed E-state index contributed by atoms with van der Waals surface area (Å²) < 4.78 is 10.9. The number of hydrogen-bond acceptors (Lipinski definition) is 2. The van der Waals surface area contributed by atoms with E-state index in [-0.39, 0.29) is 0 Å². The highest BCUT2D eigenvalue weighted by molar-refractivity contribution is 6.13. The topological polar surface area (TPSA) is 46.8 Å². The van der Waals surface area contributed by atoms with Crippen LogP contribution in [-0.2, 0) is 6.42 Å². The molecule has 0 aliphatic rings. The Bertz CT molecular complexity index is 2730. The fraction of sp³-hybridized carbons (Fsp3) is 0.178. The fourth-order valence-electron chi connectivity index (χ4n) is 7.91. The minimum Gasteiger partial charge on any atom is -0.456 e. The molecule has 0 amide bonds. The van der Waals surface area contributed by atoms with Gasteiger partial charge in [0, 0.05) is 43.7 Å². The molecule has 0 radical (unpaired) electrons. The van der Waals surface area contributed by atoms with Crippen LogP contribution in [0.15, 0.2) is 126 Å². The molecule has 4 heteroatoms. The molecule has 0 bridgehead atoms. The summed E-state index contributed by atoms with van der Waals surface area (Å²) in [7, 11) is 0. The van der Waals surface area contributed by atoms with Gasteiger partial charge in [-0.3, -0.25) is 0 Å². The summed E-state index contributed by atoms with van der Waals surface area (Å²) in [6.07, 6.45) is 8.82. The van der Waals surface area contributed by atoms with Gasteiger partial charge >= 0.3 is 0 Å². The van der Waals surface area contributed by atoms with Gasteiger partial charge in [0.15, 0.2) is 0 Å². The Hall–Kier alpha value is -5.79. The van der Waals surface area contributed by atoms with Gasteiger partial charge in [0.1, 0.15) is 11.2 Å². The second kappa shape index (κ2) is 12.0. The number of fused-ring (bicyclic) bond motifs is 9. The highest BCUT2D eigenvalue weighted by atomic mass is 16.3. The van der Waals surface area contributed by atoms with E-state index in [1.165, 1.54) is 65.8 Å². The van der Waals surface area contributed by atoms with E-state index in [0.29, 0.717) is 5.56 Å². The fourth-order valence-corrected chi connectivity index (χ4v) is 7.91. The molecule has 238 valence electrons. The molecule has 4 nitrogen and oxygen atoms in total. The molecule has 0 saturated heterocycles. The van der Waals surface area contributed by atoms with E-state index >= 15 is 0 Å². The number of para-hydroxylation sites is 2. The van der Waals surface area contributed by atoms with E-state index in [2.05, 4.69) is 125 Å². The zero-order valence-corrected chi connectivity index (χ0v) is 27.7. The van der Waals surface area contributed by atoms with E-state index in [9.17, 15) is 5.26 Å². The number of aromatic nitrogens is 2. The van der Waals surface area contributed by atoms with Gasteiger partial charge in [0.25, 0.3) is 0 Å². The van der Waals surface area contributed by atoms with Crippen LogP contribution in [0.3, 0.4) is 0 Å². The summed E-state index contributed by atoms with van der Waals surface area (Å²) >= 11 is 0. The zero-order chi connectivity index (χ0) is 32.9.